The molecule has 0 spiro atoms. The monoisotopic (exact) mass is 496 g/mol. The average molecular weight is 497 g/mol. The number of hydrogen-bond acceptors (Lipinski definition) is 5. The third kappa shape index (κ3) is 5.40. The lowest BCUT2D eigenvalue weighted by Gasteiger charge is -2.11. The zero-order chi connectivity index (χ0) is 21.2. The number of thioether (sulfide) groups is 1. The lowest BCUT2D eigenvalue weighted by atomic mass is 10.2. The summed E-state index contributed by atoms with van der Waals surface area (Å²) in [6, 6.07) is 10.2. The molecule has 1 aliphatic heterocycles. The number of carbonyl (C=O) groups is 2. The van der Waals surface area contributed by atoms with Crippen LogP contribution in [0.25, 0.3) is 0 Å². The van der Waals surface area contributed by atoms with Gasteiger partial charge in [-0.2, -0.15) is 0 Å². The summed E-state index contributed by atoms with van der Waals surface area (Å²) in [5, 5.41) is 5.50. The van der Waals surface area contributed by atoms with Crippen molar-refractivity contribution in [1.29, 1.82) is 0 Å². The van der Waals surface area contributed by atoms with E-state index in [9.17, 15) is 18.0 Å². The lowest BCUT2D eigenvalue weighted by molar-refractivity contribution is -0.118. The molecule has 0 saturated heterocycles. The number of hydrogen-bond donors (Lipinski definition) is 2. The highest BCUT2D eigenvalue weighted by Crippen LogP contribution is 2.34. The summed E-state index contributed by atoms with van der Waals surface area (Å²) in [5.74, 6) is -0.352. The van der Waals surface area contributed by atoms with Crippen molar-refractivity contribution in [1.82, 2.24) is 0 Å². The summed E-state index contributed by atoms with van der Waals surface area (Å²) < 4.78 is 26.2. The Labute approximate surface area is 182 Å². The highest BCUT2D eigenvalue weighted by atomic mass is 79.9. The van der Waals surface area contributed by atoms with Crippen LogP contribution in [-0.2, 0) is 19.4 Å². The molecule has 29 heavy (non-hydrogen) atoms. The van der Waals surface area contributed by atoms with Gasteiger partial charge >= 0.3 is 0 Å². The first kappa shape index (κ1) is 21.9. The van der Waals surface area contributed by atoms with Crippen molar-refractivity contribution in [2.45, 2.75) is 30.1 Å². The SMILES string of the molecule is Cc1ccc(NC(=O)CCS(=O)(=O)c2ccc3c(c2)NC(=O)C(C)CS3)c(Br)c1. The fourth-order valence-corrected chi connectivity index (χ4v) is 5.62. The molecule has 0 radical (unpaired) electrons. The van der Waals surface area contributed by atoms with Crippen LogP contribution in [-0.4, -0.2) is 31.7 Å². The van der Waals surface area contributed by atoms with Crippen molar-refractivity contribution >= 4 is 60.7 Å². The molecule has 2 amide bonds. The lowest BCUT2D eigenvalue weighted by Crippen LogP contribution is -2.20. The van der Waals surface area contributed by atoms with Gasteiger partial charge in [-0.05, 0) is 58.7 Å². The number of nitrogens with one attached hydrogen (secondary N) is 2. The van der Waals surface area contributed by atoms with E-state index in [1.165, 1.54) is 23.9 Å². The highest BCUT2D eigenvalue weighted by molar-refractivity contribution is 9.10. The van der Waals surface area contributed by atoms with Gasteiger partial charge in [0, 0.05) is 27.5 Å². The molecule has 2 N–H and O–H groups in total. The van der Waals surface area contributed by atoms with Gasteiger partial charge in [-0.1, -0.05) is 13.0 Å². The van der Waals surface area contributed by atoms with Gasteiger partial charge in [0.25, 0.3) is 0 Å². The number of anilines is 2. The van der Waals surface area contributed by atoms with E-state index in [1.807, 2.05) is 26.0 Å². The van der Waals surface area contributed by atoms with Crippen molar-refractivity contribution in [3.8, 4) is 0 Å². The molecule has 1 unspecified atom stereocenters. The molecule has 1 heterocycles. The van der Waals surface area contributed by atoms with Crippen LogP contribution in [0.3, 0.4) is 0 Å². The predicted octanol–water partition coefficient (Wildman–Crippen LogP) is 4.24. The van der Waals surface area contributed by atoms with Gasteiger partial charge in [-0.15, -0.1) is 11.8 Å². The zero-order valence-electron chi connectivity index (χ0n) is 16.0. The Morgan fingerprint density at radius 1 is 1.28 bits per heavy atom. The molecule has 3 rings (SSSR count). The number of halogens is 1. The van der Waals surface area contributed by atoms with Crippen LogP contribution in [0.4, 0.5) is 11.4 Å². The van der Waals surface area contributed by atoms with Crippen LogP contribution in [0.5, 0.6) is 0 Å². The maximum atomic E-state index is 12.7. The van der Waals surface area contributed by atoms with Crippen molar-refractivity contribution in [3.05, 3.63) is 46.4 Å². The Hall–Kier alpha value is -1.84. The van der Waals surface area contributed by atoms with Gasteiger partial charge in [-0.25, -0.2) is 8.42 Å². The molecule has 9 heteroatoms. The molecule has 1 aliphatic rings. The van der Waals surface area contributed by atoms with Crippen LogP contribution in [0, 0.1) is 12.8 Å². The summed E-state index contributed by atoms with van der Waals surface area (Å²) >= 11 is 4.90. The van der Waals surface area contributed by atoms with Gasteiger partial charge in [0.05, 0.1) is 22.0 Å². The van der Waals surface area contributed by atoms with E-state index >= 15 is 0 Å². The minimum atomic E-state index is -3.67. The molecule has 0 bridgehead atoms. The molecule has 2 aromatic rings. The Balaban J connectivity index is 1.69. The van der Waals surface area contributed by atoms with E-state index in [0.717, 1.165) is 14.9 Å². The normalized spacial score (nSPS) is 16.5. The maximum Gasteiger partial charge on any atom is 0.228 e. The Bertz CT molecular complexity index is 1070. The zero-order valence-corrected chi connectivity index (χ0v) is 19.2. The summed E-state index contributed by atoms with van der Waals surface area (Å²) in [6.45, 7) is 3.77. The van der Waals surface area contributed by atoms with E-state index in [0.29, 0.717) is 17.1 Å². The first-order chi connectivity index (χ1) is 13.7. The first-order valence-electron chi connectivity index (χ1n) is 9.02. The standard InChI is InChI=1S/C20H21BrN2O4S2/c1-12-3-5-16(15(21)9-12)22-19(24)7-8-29(26,27)14-4-6-18-17(10-14)23-20(25)13(2)11-28-18/h3-6,9-10,13H,7-8,11H2,1-2H3,(H,22,24)(H,23,25). The quantitative estimate of drug-likeness (QED) is 0.645. The number of carbonyl (C=O) groups excluding carboxylic acids is 2. The van der Waals surface area contributed by atoms with E-state index in [4.69, 9.17) is 0 Å². The molecule has 1 atom stereocenters. The molecule has 6 nitrogen and oxygen atoms in total. The Kier molecular flexibility index (Phi) is 6.70. The Morgan fingerprint density at radius 3 is 2.76 bits per heavy atom. The van der Waals surface area contributed by atoms with Gasteiger partial charge in [0.15, 0.2) is 9.84 Å². The van der Waals surface area contributed by atoms with Crippen LogP contribution < -0.4 is 10.6 Å². The summed E-state index contributed by atoms with van der Waals surface area (Å²) in [6.07, 6.45) is -0.169. The summed E-state index contributed by atoms with van der Waals surface area (Å²) in [4.78, 5) is 25.2. The topological polar surface area (TPSA) is 92.3 Å². The number of amides is 2. The van der Waals surface area contributed by atoms with Crippen molar-refractivity contribution < 1.29 is 18.0 Å². The number of aryl methyl sites for hydroxylation is 1. The molecule has 0 aromatic heterocycles. The van der Waals surface area contributed by atoms with Crippen molar-refractivity contribution in [2.75, 3.05) is 22.1 Å². The van der Waals surface area contributed by atoms with Crippen LogP contribution in [0.1, 0.15) is 18.9 Å². The van der Waals surface area contributed by atoms with Crippen molar-refractivity contribution in [3.63, 3.8) is 0 Å². The molecule has 0 saturated carbocycles. The fraction of sp³-hybridized carbons (Fsp3) is 0.300. The van der Waals surface area contributed by atoms with Gasteiger partial charge in [0.2, 0.25) is 11.8 Å². The third-order valence-corrected chi connectivity index (χ3v) is 8.20. The third-order valence-electron chi connectivity index (χ3n) is 4.50. The van der Waals surface area contributed by atoms with Gasteiger partial charge in [-0.3, -0.25) is 9.59 Å². The number of rotatable bonds is 5. The van der Waals surface area contributed by atoms with Crippen LogP contribution in [0.15, 0.2) is 50.7 Å². The van der Waals surface area contributed by atoms with Crippen molar-refractivity contribution in [2.24, 2.45) is 5.92 Å². The minimum absolute atomic E-state index is 0.0935. The van der Waals surface area contributed by atoms with E-state index in [1.54, 1.807) is 12.1 Å². The first-order valence-corrected chi connectivity index (χ1v) is 12.5. The van der Waals surface area contributed by atoms with E-state index in [-0.39, 0.29) is 34.8 Å². The molecular weight excluding hydrogens is 476 g/mol. The second kappa shape index (κ2) is 8.89. The Morgan fingerprint density at radius 2 is 2.03 bits per heavy atom. The smallest absolute Gasteiger partial charge is 0.228 e. The molecule has 0 aliphatic carbocycles. The van der Waals surface area contributed by atoms with Crippen LogP contribution in [0.2, 0.25) is 0 Å². The molecule has 2 aromatic carbocycles. The van der Waals surface area contributed by atoms with Gasteiger partial charge < -0.3 is 10.6 Å². The number of benzene rings is 2. The second-order valence-electron chi connectivity index (χ2n) is 6.96. The van der Waals surface area contributed by atoms with E-state index in [2.05, 4.69) is 26.6 Å². The largest absolute Gasteiger partial charge is 0.325 e. The molecule has 154 valence electrons. The molecular formula is C20H21BrN2O4S2. The number of sulfone groups is 1. The minimum Gasteiger partial charge on any atom is -0.325 e. The van der Waals surface area contributed by atoms with E-state index < -0.39 is 9.84 Å². The molecule has 0 fully saturated rings. The average Bonchev–Trinajstić information content (AvgIpc) is 2.80. The summed E-state index contributed by atoms with van der Waals surface area (Å²) in [5.41, 5.74) is 2.13. The predicted molar refractivity (Wildman–Crippen MR) is 119 cm³/mol. The highest BCUT2D eigenvalue weighted by Gasteiger charge is 2.23. The van der Waals surface area contributed by atoms with Crippen LogP contribution >= 0.6 is 27.7 Å². The maximum absolute atomic E-state index is 12.7. The second-order valence-corrected chi connectivity index (χ2v) is 11.0. The fourth-order valence-electron chi connectivity index (χ4n) is 2.75. The number of fused-ring (bicyclic) bond motifs is 1. The summed E-state index contributed by atoms with van der Waals surface area (Å²) in [7, 11) is -3.67. The van der Waals surface area contributed by atoms with Gasteiger partial charge in [0.1, 0.15) is 0 Å².